The van der Waals surface area contributed by atoms with E-state index in [-0.39, 0.29) is 6.04 Å². The molecular formula is C12H21N3O2S. The highest BCUT2D eigenvalue weighted by atomic mass is 32.2. The second-order valence-electron chi connectivity index (χ2n) is 3.97. The Morgan fingerprint density at radius 3 is 2.44 bits per heavy atom. The molecule has 102 valence electrons. The number of benzene rings is 1. The van der Waals surface area contributed by atoms with Gasteiger partial charge < -0.3 is 5.32 Å². The monoisotopic (exact) mass is 271 g/mol. The van der Waals surface area contributed by atoms with E-state index >= 15 is 0 Å². The van der Waals surface area contributed by atoms with Crippen LogP contribution >= 0.6 is 0 Å². The van der Waals surface area contributed by atoms with Crippen molar-refractivity contribution in [2.45, 2.75) is 26.8 Å². The van der Waals surface area contributed by atoms with Crippen LogP contribution in [0.3, 0.4) is 0 Å². The van der Waals surface area contributed by atoms with E-state index in [2.05, 4.69) is 14.8 Å². The predicted octanol–water partition coefficient (Wildman–Crippen LogP) is 1.62. The van der Waals surface area contributed by atoms with Crippen LogP contribution in [0.15, 0.2) is 24.3 Å². The van der Waals surface area contributed by atoms with Crippen molar-refractivity contribution in [2.75, 3.05) is 17.8 Å². The van der Waals surface area contributed by atoms with Crippen LogP contribution in [0.2, 0.25) is 0 Å². The van der Waals surface area contributed by atoms with Crippen molar-refractivity contribution < 1.29 is 8.42 Å². The van der Waals surface area contributed by atoms with Crippen LogP contribution in [-0.4, -0.2) is 21.5 Å². The topological polar surface area (TPSA) is 70.2 Å². The lowest BCUT2D eigenvalue weighted by Crippen LogP contribution is -2.30. The number of hydrogen-bond acceptors (Lipinski definition) is 3. The molecule has 1 aromatic rings. The second-order valence-corrected chi connectivity index (χ2v) is 5.47. The van der Waals surface area contributed by atoms with Gasteiger partial charge in [0.2, 0.25) is 0 Å². The van der Waals surface area contributed by atoms with Crippen LogP contribution in [0.4, 0.5) is 5.69 Å². The summed E-state index contributed by atoms with van der Waals surface area (Å²) in [5, 5.41) is 3.26. The van der Waals surface area contributed by atoms with Crippen LogP contribution in [0.1, 0.15) is 32.4 Å². The molecule has 0 saturated carbocycles. The Hall–Kier alpha value is -1.11. The maximum absolute atomic E-state index is 11.7. The summed E-state index contributed by atoms with van der Waals surface area (Å²) < 4.78 is 28.3. The van der Waals surface area contributed by atoms with Crippen molar-refractivity contribution in [1.29, 1.82) is 0 Å². The van der Waals surface area contributed by atoms with E-state index in [0.717, 1.165) is 12.1 Å². The zero-order chi connectivity index (χ0) is 13.6. The van der Waals surface area contributed by atoms with Gasteiger partial charge in [0, 0.05) is 12.6 Å². The summed E-state index contributed by atoms with van der Waals surface area (Å²) in [6.07, 6.45) is 0. The Labute approximate surface area is 109 Å². The number of rotatable bonds is 7. The molecule has 0 heterocycles. The first kappa shape index (κ1) is 14.9. The summed E-state index contributed by atoms with van der Waals surface area (Å²) in [6.45, 7) is 6.95. The highest BCUT2D eigenvalue weighted by molar-refractivity contribution is 7.90. The molecule has 0 aliphatic rings. The van der Waals surface area contributed by atoms with Gasteiger partial charge in [0.1, 0.15) is 0 Å². The third kappa shape index (κ3) is 4.29. The summed E-state index contributed by atoms with van der Waals surface area (Å²) in [7, 11) is -3.48. The molecule has 0 saturated heterocycles. The largest absolute Gasteiger partial charge is 0.310 e. The molecule has 1 rings (SSSR count). The Morgan fingerprint density at radius 2 is 1.83 bits per heavy atom. The van der Waals surface area contributed by atoms with Gasteiger partial charge in [-0.2, -0.15) is 13.1 Å². The van der Waals surface area contributed by atoms with Crippen LogP contribution in [-0.2, 0) is 10.2 Å². The predicted molar refractivity (Wildman–Crippen MR) is 74.8 cm³/mol. The van der Waals surface area contributed by atoms with E-state index in [9.17, 15) is 8.42 Å². The lowest BCUT2D eigenvalue weighted by atomic mass is 10.1. The molecule has 1 atom stereocenters. The zero-order valence-electron chi connectivity index (χ0n) is 11.0. The van der Waals surface area contributed by atoms with Gasteiger partial charge in [-0.15, -0.1) is 0 Å². The molecule has 0 bridgehead atoms. The van der Waals surface area contributed by atoms with E-state index in [1.54, 1.807) is 13.0 Å². The van der Waals surface area contributed by atoms with Gasteiger partial charge in [0.05, 0.1) is 5.69 Å². The summed E-state index contributed by atoms with van der Waals surface area (Å²) in [6, 6.07) is 7.48. The first-order chi connectivity index (χ1) is 8.50. The maximum atomic E-state index is 11.7. The van der Waals surface area contributed by atoms with E-state index in [1.165, 1.54) is 0 Å². The molecule has 1 unspecified atom stereocenters. The summed E-state index contributed by atoms with van der Waals surface area (Å²) in [5.74, 6) is 0. The smallest absolute Gasteiger partial charge is 0.299 e. The minimum atomic E-state index is -3.48. The van der Waals surface area contributed by atoms with Crippen LogP contribution in [0.25, 0.3) is 0 Å². The van der Waals surface area contributed by atoms with Crippen molar-refractivity contribution in [1.82, 2.24) is 10.0 Å². The van der Waals surface area contributed by atoms with Gasteiger partial charge in [-0.3, -0.25) is 4.72 Å². The fraction of sp³-hybridized carbons (Fsp3) is 0.500. The van der Waals surface area contributed by atoms with Crippen molar-refractivity contribution in [2.24, 2.45) is 0 Å². The van der Waals surface area contributed by atoms with Gasteiger partial charge >= 0.3 is 0 Å². The van der Waals surface area contributed by atoms with Crippen molar-refractivity contribution in [3.8, 4) is 0 Å². The van der Waals surface area contributed by atoms with E-state index in [1.807, 2.05) is 32.0 Å². The quantitative estimate of drug-likeness (QED) is 0.706. The molecule has 0 aliphatic heterocycles. The molecule has 0 radical (unpaired) electrons. The normalized spacial score (nSPS) is 13.3. The van der Waals surface area contributed by atoms with Crippen molar-refractivity contribution in [3.05, 3.63) is 29.8 Å². The van der Waals surface area contributed by atoms with E-state index in [4.69, 9.17) is 0 Å². The number of anilines is 1. The molecular weight excluding hydrogens is 250 g/mol. The minimum absolute atomic E-state index is 0.0931. The molecule has 0 amide bonds. The molecule has 1 aromatic carbocycles. The summed E-state index contributed by atoms with van der Waals surface area (Å²) in [5.41, 5.74) is 1.53. The molecule has 5 nitrogen and oxygen atoms in total. The molecule has 6 heteroatoms. The fourth-order valence-electron chi connectivity index (χ4n) is 1.75. The molecule has 18 heavy (non-hydrogen) atoms. The van der Waals surface area contributed by atoms with Gasteiger partial charge in [0.15, 0.2) is 0 Å². The lowest BCUT2D eigenvalue weighted by Gasteiger charge is -2.18. The van der Waals surface area contributed by atoms with E-state index in [0.29, 0.717) is 12.2 Å². The third-order valence-electron chi connectivity index (χ3n) is 2.52. The Balaban J connectivity index is 2.95. The second kappa shape index (κ2) is 6.72. The van der Waals surface area contributed by atoms with Crippen LogP contribution in [0.5, 0.6) is 0 Å². The van der Waals surface area contributed by atoms with Gasteiger partial charge in [-0.05, 0) is 25.1 Å². The summed E-state index contributed by atoms with van der Waals surface area (Å²) in [4.78, 5) is 0. The van der Waals surface area contributed by atoms with E-state index < -0.39 is 10.2 Å². The number of hydrogen-bond donors (Lipinski definition) is 3. The minimum Gasteiger partial charge on any atom is -0.310 e. The number of para-hydroxylation sites is 1. The van der Waals surface area contributed by atoms with Crippen molar-refractivity contribution in [3.63, 3.8) is 0 Å². The van der Waals surface area contributed by atoms with Crippen LogP contribution in [0, 0.1) is 0 Å². The highest BCUT2D eigenvalue weighted by Crippen LogP contribution is 2.22. The van der Waals surface area contributed by atoms with Crippen LogP contribution < -0.4 is 14.8 Å². The Kier molecular flexibility index (Phi) is 5.58. The highest BCUT2D eigenvalue weighted by Gasteiger charge is 2.14. The van der Waals surface area contributed by atoms with Crippen molar-refractivity contribution >= 4 is 15.9 Å². The Morgan fingerprint density at radius 1 is 1.17 bits per heavy atom. The Bertz CT molecular complexity index is 474. The average molecular weight is 271 g/mol. The average Bonchev–Trinajstić information content (AvgIpc) is 2.29. The SMILES string of the molecule is CCNC(C)c1ccccc1NS(=O)(=O)NCC. The fourth-order valence-corrected chi connectivity index (χ4v) is 2.68. The molecule has 0 fully saturated rings. The standard InChI is InChI=1S/C12H21N3O2S/c1-4-13-10(3)11-8-6-7-9-12(11)15-18(16,17)14-5-2/h6-10,13-15H,4-5H2,1-3H3. The first-order valence-electron chi connectivity index (χ1n) is 6.09. The van der Waals surface area contributed by atoms with Gasteiger partial charge in [-0.25, -0.2) is 0 Å². The summed E-state index contributed by atoms with van der Waals surface area (Å²) >= 11 is 0. The molecule has 3 N–H and O–H groups in total. The third-order valence-corrected chi connectivity index (χ3v) is 3.67. The van der Waals surface area contributed by atoms with Gasteiger partial charge in [0.25, 0.3) is 10.2 Å². The maximum Gasteiger partial charge on any atom is 0.299 e. The first-order valence-corrected chi connectivity index (χ1v) is 7.58. The van der Waals surface area contributed by atoms with Gasteiger partial charge in [-0.1, -0.05) is 32.0 Å². The molecule has 0 aliphatic carbocycles. The molecule has 0 aromatic heterocycles. The zero-order valence-corrected chi connectivity index (χ0v) is 11.8. The lowest BCUT2D eigenvalue weighted by molar-refractivity contribution is 0.587. The molecule has 0 spiro atoms. The number of nitrogens with one attached hydrogen (secondary N) is 3.